The van der Waals surface area contributed by atoms with Crippen LogP contribution in [0.4, 0.5) is 5.69 Å². The lowest BCUT2D eigenvalue weighted by molar-refractivity contribution is -0.153. The fourth-order valence-corrected chi connectivity index (χ4v) is 5.95. The van der Waals surface area contributed by atoms with Crippen molar-refractivity contribution in [3.05, 3.63) is 41.1 Å². The molecule has 1 aromatic rings. The molecule has 4 unspecified atom stereocenters. The fraction of sp³-hybridized carbons (Fsp3) is 0.500. The molecule has 6 heteroatoms. The number of nitrogens with one attached hydrogen (secondary N) is 1. The number of hydrogen-bond donors (Lipinski definition) is 1. The van der Waals surface area contributed by atoms with Crippen LogP contribution in [0.2, 0.25) is 0 Å². The van der Waals surface area contributed by atoms with Crippen LogP contribution in [0.1, 0.15) is 18.4 Å². The molecule has 6 nitrogen and oxygen atoms in total. The Bertz CT molecular complexity index is 848. The van der Waals surface area contributed by atoms with E-state index in [-0.39, 0.29) is 35.2 Å². The first-order valence-corrected chi connectivity index (χ1v) is 9.15. The van der Waals surface area contributed by atoms with Gasteiger partial charge in [-0.3, -0.25) is 9.69 Å². The van der Waals surface area contributed by atoms with Gasteiger partial charge < -0.3 is 14.8 Å². The molecule has 136 valence electrons. The van der Waals surface area contributed by atoms with Gasteiger partial charge in [-0.1, -0.05) is 18.2 Å². The van der Waals surface area contributed by atoms with Crippen molar-refractivity contribution in [2.75, 3.05) is 32.6 Å². The summed E-state index contributed by atoms with van der Waals surface area (Å²) in [6.07, 6.45) is 1.65. The third kappa shape index (κ3) is 1.70. The van der Waals surface area contributed by atoms with E-state index in [1.165, 1.54) is 19.8 Å². The molecule has 0 radical (unpaired) electrons. The Morgan fingerprint density at radius 2 is 2.00 bits per heavy atom. The van der Waals surface area contributed by atoms with E-state index in [2.05, 4.69) is 16.3 Å². The van der Waals surface area contributed by atoms with E-state index in [9.17, 15) is 9.59 Å². The second-order valence-corrected chi connectivity index (χ2v) is 7.60. The Labute approximate surface area is 152 Å². The van der Waals surface area contributed by atoms with E-state index >= 15 is 0 Å². The van der Waals surface area contributed by atoms with Crippen molar-refractivity contribution in [1.82, 2.24) is 4.90 Å². The number of carbonyl (C=O) groups is 2. The number of carbonyl (C=O) groups excluding carboxylic acids is 2. The SMILES string of the molecule is COC(=O)C1=C2Nc3ccccc3C23CCN2CCC1C(C(=O)OC)C23. The van der Waals surface area contributed by atoms with Gasteiger partial charge in [0, 0.05) is 23.3 Å². The molecule has 3 aliphatic heterocycles. The van der Waals surface area contributed by atoms with E-state index in [4.69, 9.17) is 9.47 Å². The summed E-state index contributed by atoms with van der Waals surface area (Å²) in [6.45, 7) is 1.80. The molecular formula is C20H22N2O4. The van der Waals surface area contributed by atoms with Gasteiger partial charge in [-0.15, -0.1) is 0 Å². The monoisotopic (exact) mass is 354 g/mol. The molecule has 2 fully saturated rings. The zero-order valence-electron chi connectivity index (χ0n) is 15.0. The van der Waals surface area contributed by atoms with Crippen molar-refractivity contribution < 1.29 is 19.1 Å². The van der Waals surface area contributed by atoms with Gasteiger partial charge in [-0.25, -0.2) is 4.79 Å². The summed E-state index contributed by atoms with van der Waals surface area (Å²) in [7, 11) is 2.85. The van der Waals surface area contributed by atoms with Crippen LogP contribution < -0.4 is 5.32 Å². The number of para-hydroxylation sites is 1. The number of benzene rings is 1. The second-order valence-electron chi connectivity index (χ2n) is 7.60. The number of methoxy groups -OCH3 is 2. The van der Waals surface area contributed by atoms with Crippen LogP contribution in [-0.4, -0.2) is 50.2 Å². The van der Waals surface area contributed by atoms with Crippen LogP contribution in [0.15, 0.2) is 35.5 Å². The number of piperidine rings is 1. The van der Waals surface area contributed by atoms with Crippen molar-refractivity contribution in [3.8, 4) is 0 Å². The molecule has 0 amide bonds. The molecule has 4 aliphatic rings. The van der Waals surface area contributed by atoms with E-state index in [0.29, 0.717) is 5.57 Å². The van der Waals surface area contributed by atoms with E-state index in [1.807, 2.05) is 18.2 Å². The molecule has 0 aromatic heterocycles. The Hall–Kier alpha value is -2.34. The molecule has 26 heavy (non-hydrogen) atoms. The molecule has 1 N–H and O–H groups in total. The first-order chi connectivity index (χ1) is 12.6. The molecule has 1 spiro atoms. The quantitative estimate of drug-likeness (QED) is 0.815. The largest absolute Gasteiger partial charge is 0.469 e. The number of esters is 2. The first-order valence-electron chi connectivity index (χ1n) is 9.15. The van der Waals surface area contributed by atoms with Crippen LogP contribution in [-0.2, 0) is 24.5 Å². The summed E-state index contributed by atoms with van der Waals surface area (Å²) in [6, 6.07) is 8.21. The van der Waals surface area contributed by atoms with Gasteiger partial charge in [0.05, 0.1) is 31.1 Å². The number of anilines is 1. The Kier molecular flexibility index (Phi) is 3.26. The smallest absolute Gasteiger partial charge is 0.335 e. The average molecular weight is 354 g/mol. The lowest BCUT2D eigenvalue weighted by Crippen LogP contribution is -2.60. The van der Waals surface area contributed by atoms with Crippen LogP contribution in [0.3, 0.4) is 0 Å². The topological polar surface area (TPSA) is 67.9 Å². The van der Waals surface area contributed by atoms with Gasteiger partial charge in [0.15, 0.2) is 0 Å². The summed E-state index contributed by atoms with van der Waals surface area (Å²) in [5.41, 5.74) is 3.43. The van der Waals surface area contributed by atoms with E-state index in [0.717, 1.165) is 37.3 Å². The third-order valence-electron chi connectivity index (χ3n) is 6.82. The van der Waals surface area contributed by atoms with Gasteiger partial charge >= 0.3 is 11.9 Å². The number of hydrogen-bond acceptors (Lipinski definition) is 6. The van der Waals surface area contributed by atoms with Crippen LogP contribution in [0, 0.1) is 11.8 Å². The molecule has 0 saturated carbocycles. The normalized spacial score (nSPS) is 34.0. The van der Waals surface area contributed by atoms with E-state index in [1.54, 1.807) is 0 Å². The van der Waals surface area contributed by atoms with Crippen molar-refractivity contribution in [1.29, 1.82) is 0 Å². The summed E-state index contributed by atoms with van der Waals surface area (Å²) in [4.78, 5) is 28.0. The highest BCUT2D eigenvalue weighted by Crippen LogP contribution is 2.62. The minimum absolute atomic E-state index is 0.0215. The maximum Gasteiger partial charge on any atom is 0.335 e. The number of rotatable bonds is 2. The molecule has 5 rings (SSSR count). The maximum atomic E-state index is 12.8. The number of fused-ring (bicyclic) bond motifs is 2. The van der Waals surface area contributed by atoms with Crippen LogP contribution >= 0.6 is 0 Å². The maximum absolute atomic E-state index is 12.8. The average Bonchev–Trinajstić information content (AvgIpc) is 3.23. The summed E-state index contributed by atoms with van der Waals surface area (Å²) in [5, 5.41) is 3.53. The minimum atomic E-state index is -0.365. The van der Waals surface area contributed by atoms with Gasteiger partial charge in [0.25, 0.3) is 0 Å². The van der Waals surface area contributed by atoms with Crippen LogP contribution in [0.5, 0.6) is 0 Å². The minimum Gasteiger partial charge on any atom is -0.469 e. The fourth-order valence-electron chi connectivity index (χ4n) is 5.95. The van der Waals surface area contributed by atoms with Crippen LogP contribution in [0.25, 0.3) is 0 Å². The van der Waals surface area contributed by atoms with Crippen molar-refractivity contribution >= 4 is 17.6 Å². The van der Waals surface area contributed by atoms with Gasteiger partial charge in [0.2, 0.25) is 0 Å². The molecule has 4 atom stereocenters. The molecule has 2 bridgehead atoms. The van der Waals surface area contributed by atoms with Gasteiger partial charge in [0.1, 0.15) is 0 Å². The number of ether oxygens (including phenoxy) is 2. The zero-order valence-corrected chi connectivity index (χ0v) is 15.0. The third-order valence-corrected chi connectivity index (χ3v) is 6.82. The molecular weight excluding hydrogens is 332 g/mol. The lowest BCUT2D eigenvalue weighted by Gasteiger charge is -2.51. The molecule has 3 heterocycles. The van der Waals surface area contributed by atoms with Crippen molar-refractivity contribution in [3.63, 3.8) is 0 Å². The van der Waals surface area contributed by atoms with Gasteiger partial charge in [-0.2, -0.15) is 0 Å². The highest BCUT2D eigenvalue weighted by molar-refractivity contribution is 5.95. The Balaban J connectivity index is 1.82. The number of nitrogens with zero attached hydrogens (tertiary/aromatic N) is 1. The van der Waals surface area contributed by atoms with Gasteiger partial charge in [-0.05, 0) is 37.6 Å². The predicted molar refractivity (Wildman–Crippen MR) is 94.4 cm³/mol. The summed E-state index contributed by atoms with van der Waals surface area (Å²) in [5.74, 6) is -1.07. The first kappa shape index (κ1) is 15.9. The highest BCUT2D eigenvalue weighted by atomic mass is 16.5. The second kappa shape index (κ2) is 5.33. The highest BCUT2D eigenvalue weighted by Gasteiger charge is 2.66. The molecule has 2 saturated heterocycles. The Morgan fingerprint density at radius 1 is 1.19 bits per heavy atom. The summed E-state index contributed by atoms with van der Waals surface area (Å²) < 4.78 is 10.3. The predicted octanol–water partition coefficient (Wildman–Crippen LogP) is 1.67. The molecule has 1 aliphatic carbocycles. The Morgan fingerprint density at radius 3 is 2.77 bits per heavy atom. The van der Waals surface area contributed by atoms with Crippen molar-refractivity contribution in [2.24, 2.45) is 11.8 Å². The van der Waals surface area contributed by atoms with E-state index < -0.39 is 0 Å². The summed E-state index contributed by atoms with van der Waals surface area (Å²) >= 11 is 0. The molecule has 1 aromatic carbocycles. The standard InChI is InChI=1S/C20H22N2O4/c1-25-18(23)14-11-7-9-22-10-8-20(17(22)15(11)19(24)26-2)12-5-3-4-6-13(12)21-16(14)20/h3-6,11,15,17,21H,7-10H2,1-2H3. The lowest BCUT2D eigenvalue weighted by atomic mass is 9.58. The zero-order chi connectivity index (χ0) is 18.1. The van der Waals surface area contributed by atoms with Crippen molar-refractivity contribution in [2.45, 2.75) is 24.3 Å².